The first-order valence-corrected chi connectivity index (χ1v) is 11.4. The SMILES string of the molecule is N#CCCN(C(=O)COC(=O)CCc1ccsc1)C12CC3CC(CC(C3)C1)C2. The fraction of sp³-hybridized carbons (Fsp3) is 0.682. The summed E-state index contributed by atoms with van der Waals surface area (Å²) in [5.41, 5.74) is 1.02. The van der Waals surface area contributed by atoms with E-state index in [0.717, 1.165) is 42.6 Å². The molecule has 0 aliphatic heterocycles. The molecule has 0 unspecified atom stereocenters. The second-order valence-corrected chi connectivity index (χ2v) is 9.67. The predicted molar refractivity (Wildman–Crippen MR) is 106 cm³/mol. The molecular formula is C22H28N2O3S. The van der Waals surface area contributed by atoms with Crippen molar-refractivity contribution in [1.29, 1.82) is 5.26 Å². The van der Waals surface area contributed by atoms with Crippen molar-refractivity contribution < 1.29 is 14.3 Å². The molecule has 150 valence electrons. The topological polar surface area (TPSA) is 70.4 Å². The van der Waals surface area contributed by atoms with Gasteiger partial charge in [0.05, 0.1) is 12.5 Å². The van der Waals surface area contributed by atoms with Crippen molar-refractivity contribution in [3.8, 4) is 6.07 Å². The molecule has 1 aromatic heterocycles. The van der Waals surface area contributed by atoms with Crippen LogP contribution in [0, 0.1) is 29.1 Å². The number of hydrogen-bond acceptors (Lipinski definition) is 5. The van der Waals surface area contributed by atoms with E-state index in [1.165, 1.54) is 19.3 Å². The molecule has 4 aliphatic carbocycles. The minimum absolute atomic E-state index is 0.105. The minimum atomic E-state index is -0.328. The number of carbonyl (C=O) groups is 2. The largest absolute Gasteiger partial charge is 0.456 e. The van der Waals surface area contributed by atoms with Gasteiger partial charge in [0.1, 0.15) is 0 Å². The van der Waals surface area contributed by atoms with Crippen LogP contribution in [0.3, 0.4) is 0 Å². The Morgan fingerprint density at radius 3 is 2.46 bits per heavy atom. The van der Waals surface area contributed by atoms with E-state index in [2.05, 4.69) is 6.07 Å². The van der Waals surface area contributed by atoms with Crippen molar-refractivity contribution in [2.24, 2.45) is 17.8 Å². The van der Waals surface area contributed by atoms with Crippen LogP contribution in [0.5, 0.6) is 0 Å². The van der Waals surface area contributed by atoms with Gasteiger partial charge in [-0.05, 0) is 85.1 Å². The van der Waals surface area contributed by atoms with Crippen LogP contribution in [0.4, 0.5) is 0 Å². The van der Waals surface area contributed by atoms with Crippen molar-refractivity contribution in [1.82, 2.24) is 4.90 Å². The highest BCUT2D eigenvalue weighted by Crippen LogP contribution is 2.57. The molecule has 0 N–H and O–H groups in total. The van der Waals surface area contributed by atoms with Gasteiger partial charge in [-0.25, -0.2) is 0 Å². The van der Waals surface area contributed by atoms with Crippen molar-refractivity contribution >= 4 is 23.2 Å². The molecule has 1 amide bonds. The fourth-order valence-electron chi connectivity index (χ4n) is 6.16. The Bertz CT molecular complexity index is 717. The summed E-state index contributed by atoms with van der Waals surface area (Å²) in [6.07, 6.45) is 8.35. The maximum atomic E-state index is 13.0. The zero-order valence-corrected chi connectivity index (χ0v) is 17.1. The maximum absolute atomic E-state index is 13.0. The second kappa shape index (κ2) is 8.24. The summed E-state index contributed by atoms with van der Waals surface area (Å²) in [7, 11) is 0. The maximum Gasteiger partial charge on any atom is 0.306 e. The van der Waals surface area contributed by atoms with Crippen LogP contribution in [-0.2, 0) is 20.7 Å². The molecule has 4 bridgehead atoms. The van der Waals surface area contributed by atoms with Crippen LogP contribution in [0.15, 0.2) is 16.8 Å². The third-order valence-electron chi connectivity index (χ3n) is 6.88. The summed E-state index contributed by atoms with van der Waals surface area (Å²) in [4.78, 5) is 27.1. The Balaban J connectivity index is 1.36. The van der Waals surface area contributed by atoms with Gasteiger partial charge < -0.3 is 9.64 Å². The van der Waals surface area contributed by atoms with Crippen molar-refractivity contribution in [2.75, 3.05) is 13.2 Å². The third-order valence-corrected chi connectivity index (χ3v) is 7.61. The van der Waals surface area contributed by atoms with Gasteiger partial charge in [0.25, 0.3) is 5.91 Å². The van der Waals surface area contributed by atoms with E-state index in [1.807, 2.05) is 21.7 Å². The number of esters is 1. The molecule has 5 rings (SSSR count). The lowest BCUT2D eigenvalue weighted by atomic mass is 9.52. The Morgan fingerprint density at radius 2 is 1.89 bits per heavy atom. The molecule has 6 heteroatoms. The zero-order chi connectivity index (χ0) is 19.6. The first-order chi connectivity index (χ1) is 13.6. The molecule has 4 aliphatic rings. The van der Waals surface area contributed by atoms with Crippen LogP contribution in [0.2, 0.25) is 0 Å². The van der Waals surface area contributed by atoms with E-state index in [9.17, 15) is 9.59 Å². The van der Waals surface area contributed by atoms with Gasteiger partial charge in [-0.3, -0.25) is 9.59 Å². The molecule has 5 nitrogen and oxygen atoms in total. The number of ether oxygens (including phenoxy) is 1. The van der Waals surface area contributed by atoms with E-state index >= 15 is 0 Å². The standard InChI is InChI=1S/C22H28N2O3S/c23-5-1-6-24(22-11-17-8-18(12-22)10-19(9-17)13-22)20(25)14-27-21(26)3-2-16-4-7-28-15-16/h4,7,15,17-19H,1-3,6,8-14H2. The van der Waals surface area contributed by atoms with Gasteiger partial charge in [-0.1, -0.05) is 0 Å². The Kier molecular flexibility index (Phi) is 5.73. The molecule has 4 fully saturated rings. The first-order valence-electron chi connectivity index (χ1n) is 10.4. The van der Waals surface area contributed by atoms with Gasteiger partial charge >= 0.3 is 5.97 Å². The number of nitriles is 1. The summed E-state index contributed by atoms with van der Waals surface area (Å²) < 4.78 is 5.32. The lowest BCUT2D eigenvalue weighted by molar-refractivity contribution is -0.162. The van der Waals surface area contributed by atoms with E-state index in [0.29, 0.717) is 25.8 Å². The third kappa shape index (κ3) is 4.10. The average Bonchev–Trinajstić information content (AvgIpc) is 3.17. The van der Waals surface area contributed by atoms with E-state index in [1.54, 1.807) is 11.3 Å². The molecule has 0 aromatic carbocycles. The van der Waals surface area contributed by atoms with Gasteiger partial charge in [0.2, 0.25) is 0 Å². The normalized spacial score (nSPS) is 30.0. The summed E-state index contributed by atoms with van der Waals surface area (Å²) in [6, 6.07) is 4.19. The van der Waals surface area contributed by atoms with Crippen LogP contribution in [-0.4, -0.2) is 35.5 Å². The lowest BCUT2D eigenvalue weighted by Gasteiger charge is -2.60. The van der Waals surface area contributed by atoms with Crippen molar-refractivity contribution in [3.05, 3.63) is 22.4 Å². The quantitative estimate of drug-likeness (QED) is 0.620. The monoisotopic (exact) mass is 400 g/mol. The number of carbonyl (C=O) groups excluding carboxylic acids is 2. The summed E-state index contributed by atoms with van der Waals surface area (Å²) in [5.74, 6) is 1.71. The summed E-state index contributed by atoms with van der Waals surface area (Å²) in [6.45, 7) is 0.254. The summed E-state index contributed by atoms with van der Waals surface area (Å²) >= 11 is 1.61. The highest BCUT2D eigenvalue weighted by atomic mass is 32.1. The minimum Gasteiger partial charge on any atom is -0.456 e. The number of nitrogens with zero attached hydrogens (tertiary/aromatic N) is 2. The molecular weight excluding hydrogens is 372 g/mol. The van der Waals surface area contributed by atoms with Crippen molar-refractivity contribution in [3.63, 3.8) is 0 Å². The average molecular weight is 401 g/mol. The van der Waals surface area contributed by atoms with Gasteiger partial charge in [0.15, 0.2) is 6.61 Å². The lowest BCUT2D eigenvalue weighted by Crippen LogP contribution is -2.62. The van der Waals surface area contributed by atoms with E-state index < -0.39 is 0 Å². The van der Waals surface area contributed by atoms with Gasteiger partial charge in [-0.15, -0.1) is 0 Å². The van der Waals surface area contributed by atoms with Gasteiger partial charge in [-0.2, -0.15) is 16.6 Å². The molecule has 0 spiro atoms. The second-order valence-electron chi connectivity index (χ2n) is 8.89. The van der Waals surface area contributed by atoms with Crippen molar-refractivity contribution in [2.45, 2.75) is 63.3 Å². The Morgan fingerprint density at radius 1 is 1.21 bits per heavy atom. The van der Waals surface area contributed by atoms with Crippen LogP contribution in [0.25, 0.3) is 0 Å². The van der Waals surface area contributed by atoms with Crippen LogP contribution in [0.1, 0.15) is 56.9 Å². The molecule has 0 atom stereocenters. The molecule has 1 heterocycles. The number of thiophene rings is 1. The molecule has 0 radical (unpaired) electrons. The highest BCUT2D eigenvalue weighted by Gasteiger charge is 2.54. The fourth-order valence-corrected chi connectivity index (χ4v) is 6.86. The number of rotatable bonds is 8. The van der Waals surface area contributed by atoms with E-state index in [-0.39, 0.29) is 24.0 Å². The number of hydrogen-bond donors (Lipinski definition) is 0. The van der Waals surface area contributed by atoms with Crippen LogP contribution >= 0.6 is 11.3 Å². The van der Waals surface area contributed by atoms with E-state index in [4.69, 9.17) is 10.00 Å². The Hall–Kier alpha value is -1.87. The predicted octanol–water partition coefficient (Wildman–Crippen LogP) is 3.93. The number of aryl methyl sites for hydroxylation is 1. The Labute approximate surface area is 170 Å². The number of amides is 1. The smallest absolute Gasteiger partial charge is 0.306 e. The van der Waals surface area contributed by atoms with Crippen LogP contribution < -0.4 is 0 Å². The first kappa shape index (κ1) is 19.4. The summed E-state index contributed by atoms with van der Waals surface area (Å²) in [5, 5.41) is 13.1. The molecule has 1 aromatic rings. The molecule has 28 heavy (non-hydrogen) atoms. The molecule has 4 saturated carbocycles. The highest BCUT2D eigenvalue weighted by molar-refractivity contribution is 7.07. The zero-order valence-electron chi connectivity index (χ0n) is 16.3. The van der Waals surface area contributed by atoms with Gasteiger partial charge in [0, 0.05) is 18.5 Å². The molecule has 0 saturated heterocycles.